The van der Waals surface area contributed by atoms with E-state index in [-0.39, 0.29) is 12.5 Å². The van der Waals surface area contributed by atoms with Crippen molar-refractivity contribution >= 4 is 44.8 Å². The molecule has 2 N–H and O–H groups in total. The van der Waals surface area contributed by atoms with Gasteiger partial charge in [-0.2, -0.15) is 5.10 Å². The normalized spacial score (nSPS) is 13.7. The van der Waals surface area contributed by atoms with Gasteiger partial charge in [0.2, 0.25) is 0 Å². The second-order valence-corrected chi connectivity index (χ2v) is 7.57. The van der Waals surface area contributed by atoms with E-state index in [1.807, 2.05) is 41.0 Å². The summed E-state index contributed by atoms with van der Waals surface area (Å²) in [4.78, 5) is 12.1. The summed E-state index contributed by atoms with van der Waals surface area (Å²) in [6.45, 7) is 0.286. The first kappa shape index (κ1) is 17.2. The number of halogens is 1. The average Bonchev–Trinajstić information content (AvgIpc) is 3.40. The van der Waals surface area contributed by atoms with Crippen molar-refractivity contribution < 1.29 is 9.53 Å². The van der Waals surface area contributed by atoms with E-state index in [0.717, 1.165) is 33.9 Å². The molecule has 0 bridgehead atoms. The van der Waals surface area contributed by atoms with Crippen molar-refractivity contribution in [1.82, 2.24) is 20.1 Å². The number of benzene rings is 2. The Bertz CT molecular complexity index is 1030. The van der Waals surface area contributed by atoms with Crippen LogP contribution in [0.5, 0.6) is 5.75 Å². The molecule has 0 saturated heterocycles. The summed E-state index contributed by atoms with van der Waals surface area (Å²) < 4.78 is 9.23. The fourth-order valence-corrected chi connectivity index (χ4v) is 3.51. The van der Waals surface area contributed by atoms with Gasteiger partial charge in [-0.25, -0.2) is 0 Å². The van der Waals surface area contributed by atoms with E-state index in [9.17, 15) is 4.79 Å². The summed E-state index contributed by atoms with van der Waals surface area (Å²) in [5, 5.41) is 12.0. The van der Waals surface area contributed by atoms with Gasteiger partial charge in [0.15, 0.2) is 17.2 Å². The first-order valence-electron chi connectivity index (χ1n) is 8.35. The molecule has 6 nitrogen and oxygen atoms in total. The fourth-order valence-electron chi connectivity index (χ4n) is 2.83. The van der Waals surface area contributed by atoms with Gasteiger partial charge in [-0.05, 0) is 60.1 Å². The zero-order chi connectivity index (χ0) is 18.1. The topological polar surface area (TPSA) is 71.9 Å². The number of amides is 1. The number of nitrogens with one attached hydrogen (secondary N) is 2. The molecule has 4 rings (SSSR count). The lowest BCUT2D eigenvalue weighted by Gasteiger charge is -2.09. The highest BCUT2D eigenvalue weighted by atomic mass is 79.9. The largest absolute Gasteiger partial charge is 0.484 e. The molecule has 0 atom stereocenters. The van der Waals surface area contributed by atoms with E-state index in [2.05, 4.69) is 31.4 Å². The number of carbonyl (C=O) groups excluding carboxylic acids is 1. The number of nitrogens with zero attached hydrogens (tertiary/aromatic N) is 2. The Balaban J connectivity index is 1.34. The van der Waals surface area contributed by atoms with Crippen LogP contribution in [-0.4, -0.2) is 27.3 Å². The number of aromatic nitrogens is 3. The van der Waals surface area contributed by atoms with E-state index >= 15 is 0 Å². The second kappa shape index (κ2) is 7.20. The minimum Gasteiger partial charge on any atom is -0.484 e. The molecule has 1 aromatic heterocycles. The van der Waals surface area contributed by atoms with Crippen LogP contribution in [0.4, 0.5) is 0 Å². The van der Waals surface area contributed by atoms with Crippen LogP contribution in [-0.2, 0) is 11.3 Å². The smallest absolute Gasteiger partial charge is 0.258 e. The lowest BCUT2D eigenvalue weighted by Crippen LogP contribution is -2.29. The number of ether oxygens (including phenoxy) is 1. The lowest BCUT2D eigenvalue weighted by molar-refractivity contribution is -0.123. The Morgan fingerprint density at radius 1 is 1.31 bits per heavy atom. The molecule has 0 radical (unpaired) electrons. The first-order chi connectivity index (χ1) is 12.6. The van der Waals surface area contributed by atoms with Crippen molar-refractivity contribution in [3.63, 3.8) is 0 Å². The van der Waals surface area contributed by atoms with Crippen LogP contribution in [0.3, 0.4) is 0 Å². The van der Waals surface area contributed by atoms with Crippen molar-refractivity contribution in [2.75, 3.05) is 6.61 Å². The molecular weight excluding hydrogens is 416 g/mol. The van der Waals surface area contributed by atoms with Crippen LogP contribution in [0.2, 0.25) is 0 Å². The number of rotatable bonds is 6. The van der Waals surface area contributed by atoms with Crippen molar-refractivity contribution in [2.24, 2.45) is 0 Å². The van der Waals surface area contributed by atoms with Crippen molar-refractivity contribution in [3.05, 3.63) is 51.5 Å². The van der Waals surface area contributed by atoms with E-state index in [4.69, 9.17) is 17.0 Å². The van der Waals surface area contributed by atoms with Crippen molar-refractivity contribution in [1.29, 1.82) is 0 Å². The molecule has 1 heterocycles. The van der Waals surface area contributed by atoms with E-state index in [1.54, 1.807) is 0 Å². The second-order valence-electron chi connectivity index (χ2n) is 6.26. The van der Waals surface area contributed by atoms with Crippen molar-refractivity contribution in [3.8, 4) is 5.75 Å². The SMILES string of the molecule is O=C(COc1ccc2cc(Br)ccc2c1)NCc1n[nH]c(=S)n1C1CC1. The Hall–Kier alpha value is -2.19. The minimum absolute atomic E-state index is 0.0450. The number of H-pyrrole nitrogens is 1. The molecule has 0 aliphatic heterocycles. The molecule has 1 saturated carbocycles. The predicted octanol–water partition coefficient (Wildman–Crippen LogP) is 3.89. The summed E-state index contributed by atoms with van der Waals surface area (Å²) >= 11 is 8.69. The number of carbonyl (C=O) groups is 1. The Morgan fingerprint density at radius 3 is 2.88 bits per heavy atom. The fraction of sp³-hybridized carbons (Fsp3) is 0.278. The van der Waals surface area contributed by atoms with Gasteiger partial charge in [0.05, 0.1) is 6.54 Å². The van der Waals surface area contributed by atoms with Crippen LogP contribution in [0.1, 0.15) is 24.7 Å². The minimum atomic E-state index is -0.197. The highest BCUT2D eigenvalue weighted by molar-refractivity contribution is 9.10. The molecule has 134 valence electrons. The van der Waals surface area contributed by atoms with Gasteiger partial charge in [-0.3, -0.25) is 14.5 Å². The summed E-state index contributed by atoms with van der Waals surface area (Å²) in [6.07, 6.45) is 2.22. The van der Waals surface area contributed by atoms with Gasteiger partial charge in [0.1, 0.15) is 5.75 Å². The Kier molecular flexibility index (Phi) is 4.78. The Labute approximate surface area is 163 Å². The van der Waals surface area contributed by atoms with E-state index in [1.165, 1.54) is 0 Å². The van der Waals surface area contributed by atoms with Crippen LogP contribution in [0.15, 0.2) is 40.9 Å². The predicted molar refractivity (Wildman–Crippen MR) is 105 cm³/mol. The van der Waals surface area contributed by atoms with E-state index in [0.29, 0.717) is 23.1 Å². The molecule has 0 spiro atoms. The highest BCUT2D eigenvalue weighted by Crippen LogP contribution is 2.35. The average molecular weight is 433 g/mol. The van der Waals surface area contributed by atoms with Gasteiger partial charge in [-0.1, -0.05) is 28.1 Å². The van der Waals surface area contributed by atoms with Gasteiger partial charge in [0.25, 0.3) is 5.91 Å². The maximum Gasteiger partial charge on any atom is 0.258 e. The van der Waals surface area contributed by atoms with Crippen LogP contribution >= 0.6 is 28.1 Å². The quantitative estimate of drug-likeness (QED) is 0.579. The first-order valence-corrected chi connectivity index (χ1v) is 9.55. The summed E-state index contributed by atoms with van der Waals surface area (Å²) in [6, 6.07) is 12.2. The third-order valence-electron chi connectivity index (χ3n) is 4.28. The zero-order valence-electron chi connectivity index (χ0n) is 13.9. The standard InChI is InChI=1S/C18H17BrN4O2S/c19-13-3-1-12-8-15(6-2-11(12)7-13)25-10-17(24)20-9-16-21-22-18(26)23(16)14-4-5-14/h1-3,6-8,14H,4-5,9-10H2,(H,20,24)(H,22,26). The molecule has 1 aliphatic carbocycles. The number of aromatic amines is 1. The van der Waals surface area contributed by atoms with Gasteiger partial charge >= 0.3 is 0 Å². The molecule has 26 heavy (non-hydrogen) atoms. The molecule has 2 aromatic carbocycles. The molecule has 0 unspecified atom stereocenters. The molecule has 8 heteroatoms. The molecule has 1 fully saturated rings. The van der Waals surface area contributed by atoms with Crippen molar-refractivity contribution in [2.45, 2.75) is 25.4 Å². The highest BCUT2D eigenvalue weighted by Gasteiger charge is 2.27. The molecule has 1 amide bonds. The zero-order valence-corrected chi connectivity index (χ0v) is 16.3. The van der Waals surface area contributed by atoms with Gasteiger partial charge < -0.3 is 10.1 Å². The maximum absolute atomic E-state index is 12.1. The molecule has 1 aliphatic rings. The van der Waals surface area contributed by atoms with Crippen LogP contribution in [0, 0.1) is 4.77 Å². The van der Waals surface area contributed by atoms with Crippen LogP contribution < -0.4 is 10.1 Å². The van der Waals surface area contributed by atoms with E-state index < -0.39 is 0 Å². The summed E-state index contributed by atoms with van der Waals surface area (Å²) in [7, 11) is 0. The van der Waals surface area contributed by atoms with Gasteiger partial charge in [-0.15, -0.1) is 0 Å². The number of hydrogen-bond donors (Lipinski definition) is 2. The Morgan fingerprint density at radius 2 is 2.08 bits per heavy atom. The summed E-state index contributed by atoms with van der Waals surface area (Å²) in [5.41, 5.74) is 0. The molecule has 3 aromatic rings. The third kappa shape index (κ3) is 3.81. The number of hydrogen-bond acceptors (Lipinski definition) is 4. The van der Waals surface area contributed by atoms with Crippen LogP contribution in [0.25, 0.3) is 10.8 Å². The van der Waals surface area contributed by atoms with Gasteiger partial charge in [0, 0.05) is 10.5 Å². The lowest BCUT2D eigenvalue weighted by atomic mass is 10.1. The maximum atomic E-state index is 12.1. The number of fused-ring (bicyclic) bond motifs is 1. The third-order valence-corrected chi connectivity index (χ3v) is 5.06. The summed E-state index contributed by atoms with van der Waals surface area (Å²) in [5.74, 6) is 1.22. The molecular formula is C18H17BrN4O2S. The monoisotopic (exact) mass is 432 g/mol.